The van der Waals surface area contributed by atoms with E-state index in [4.69, 9.17) is 4.74 Å². The van der Waals surface area contributed by atoms with E-state index in [-0.39, 0.29) is 5.56 Å². The summed E-state index contributed by atoms with van der Waals surface area (Å²) < 4.78 is 30.6. The van der Waals surface area contributed by atoms with Gasteiger partial charge in [0, 0.05) is 7.11 Å². The van der Waals surface area contributed by atoms with Gasteiger partial charge in [-0.2, -0.15) is 0 Å². The second-order valence-corrected chi connectivity index (χ2v) is 3.65. The van der Waals surface area contributed by atoms with Crippen molar-refractivity contribution in [1.82, 2.24) is 0 Å². The Bertz CT molecular complexity index is 350. The molecule has 0 heterocycles. The molecule has 0 bridgehead atoms. The Morgan fingerprint density at radius 3 is 2.40 bits per heavy atom. The summed E-state index contributed by atoms with van der Waals surface area (Å²) in [6, 6.07) is 3.31. The number of halogens is 2. The van der Waals surface area contributed by atoms with E-state index in [1.165, 1.54) is 20.1 Å². The SMILES string of the molecule is COC(C)C(C)(O)c1ccc(F)c(F)c1. The van der Waals surface area contributed by atoms with E-state index in [1.807, 2.05) is 0 Å². The summed E-state index contributed by atoms with van der Waals surface area (Å²) in [7, 11) is 1.44. The second-order valence-electron chi connectivity index (χ2n) is 3.65. The van der Waals surface area contributed by atoms with Gasteiger partial charge in [-0.3, -0.25) is 0 Å². The molecule has 1 N–H and O–H groups in total. The molecule has 0 fully saturated rings. The lowest BCUT2D eigenvalue weighted by molar-refractivity contribution is -0.0773. The van der Waals surface area contributed by atoms with Gasteiger partial charge in [0.05, 0.1) is 6.10 Å². The van der Waals surface area contributed by atoms with Gasteiger partial charge in [-0.1, -0.05) is 6.07 Å². The van der Waals surface area contributed by atoms with Crippen LogP contribution in [-0.4, -0.2) is 18.3 Å². The van der Waals surface area contributed by atoms with Crippen molar-refractivity contribution in [2.45, 2.75) is 25.6 Å². The quantitative estimate of drug-likeness (QED) is 0.839. The van der Waals surface area contributed by atoms with E-state index in [2.05, 4.69) is 0 Å². The Morgan fingerprint density at radius 2 is 1.93 bits per heavy atom. The van der Waals surface area contributed by atoms with E-state index in [1.54, 1.807) is 6.92 Å². The molecule has 84 valence electrons. The van der Waals surface area contributed by atoms with Crippen LogP contribution in [0.15, 0.2) is 18.2 Å². The highest BCUT2D eigenvalue weighted by molar-refractivity contribution is 5.24. The fourth-order valence-electron chi connectivity index (χ4n) is 1.28. The summed E-state index contributed by atoms with van der Waals surface area (Å²) >= 11 is 0. The maximum atomic E-state index is 12.9. The minimum atomic E-state index is -1.34. The molecule has 2 nitrogen and oxygen atoms in total. The molecule has 0 radical (unpaired) electrons. The Balaban J connectivity index is 3.10. The van der Waals surface area contributed by atoms with Gasteiger partial charge in [-0.25, -0.2) is 8.78 Å². The van der Waals surface area contributed by atoms with Crippen LogP contribution in [0.4, 0.5) is 8.78 Å². The Labute approximate surface area is 87.5 Å². The van der Waals surface area contributed by atoms with E-state index in [0.717, 1.165) is 12.1 Å². The first-order chi connectivity index (χ1) is 6.89. The zero-order valence-corrected chi connectivity index (χ0v) is 8.92. The van der Waals surface area contributed by atoms with Crippen LogP contribution in [0, 0.1) is 11.6 Å². The number of ether oxygens (including phenoxy) is 1. The Hall–Kier alpha value is -1.00. The summed E-state index contributed by atoms with van der Waals surface area (Å²) in [6.07, 6.45) is -0.512. The van der Waals surface area contributed by atoms with Crippen molar-refractivity contribution in [3.05, 3.63) is 35.4 Å². The molecular weight excluding hydrogens is 202 g/mol. The monoisotopic (exact) mass is 216 g/mol. The van der Waals surface area contributed by atoms with Crippen molar-refractivity contribution in [2.24, 2.45) is 0 Å². The number of aliphatic hydroxyl groups is 1. The van der Waals surface area contributed by atoms with Gasteiger partial charge in [0.15, 0.2) is 11.6 Å². The molecule has 0 saturated heterocycles. The highest BCUT2D eigenvalue weighted by Gasteiger charge is 2.31. The van der Waals surface area contributed by atoms with Crippen LogP contribution in [-0.2, 0) is 10.3 Å². The van der Waals surface area contributed by atoms with Crippen LogP contribution >= 0.6 is 0 Å². The largest absolute Gasteiger partial charge is 0.383 e. The van der Waals surface area contributed by atoms with Crippen molar-refractivity contribution < 1.29 is 18.6 Å². The van der Waals surface area contributed by atoms with E-state index in [9.17, 15) is 13.9 Å². The predicted octanol–water partition coefficient (Wildman–Crippen LogP) is 2.21. The molecule has 0 aromatic heterocycles. The molecule has 0 aliphatic rings. The van der Waals surface area contributed by atoms with Crippen LogP contribution < -0.4 is 0 Å². The summed E-state index contributed by atoms with van der Waals surface area (Å²) in [6.45, 7) is 3.15. The summed E-state index contributed by atoms with van der Waals surface area (Å²) in [5.41, 5.74) is -1.06. The fourth-order valence-corrected chi connectivity index (χ4v) is 1.28. The molecule has 0 spiro atoms. The van der Waals surface area contributed by atoms with E-state index in [0.29, 0.717) is 0 Å². The molecule has 15 heavy (non-hydrogen) atoms. The minimum absolute atomic E-state index is 0.288. The molecule has 4 heteroatoms. The average Bonchev–Trinajstić information content (AvgIpc) is 2.20. The normalized spacial score (nSPS) is 17.2. The molecule has 1 aromatic rings. The lowest BCUT2D eigenvalue weighted by Crippen LogP contribution is -2.35. The maximum Gasteiger partial charge on any atom is 0.159 e. The number of benzene rings is 1. The predicted molar refractivity (Wildman–Crippen MR) is 52.4 cm³/mol. The van der Waals surface area contributed by atoms with Crippen molar-refractivity contribution in [2.75, 3.05) is 7.11 Å². The number of hydrogen-bond acceptors (Lipinski definition) is 2. The van der Waals surface area contributed by atoms with Crippen molar-refractivity contribution in [1.29, 1.82) is 0 Å². The zero-order valence-electron chi connectivity index (χ0n) is 8.92. The van der Waals surface area contributed by atoms with Crippen LogP contribution in [0.3, 0.4) is 0 Å². The summed E-state index contributed by atoms with van der Waals surface area (Å²) in [5.74, 6) is -1.91. The summed E-state index contributed by atoms with van der Waals surface area (Å²) in [4.78, 5) is 0. The lowest BCUT2D eigenvalue weighted by atomic mass is 9.91. The molecule has 0 aliphatic heterocycles. The highest BCUT2D eigenvalue weighted by atomic mass is 19.2. The first-order valence-electron chi connectivity index (χ1n) is 4.60. The van der Waals surface area contributed by atoms with Gasteiger partial charge in [-0.05, 0) is 31.5 Å². The molecule has 1 rings (SSSR count). The first kappa shape index (κ1) is 12.1. The number of hydrogen-bond donors (Lipinski definition) is 1. The van der Waals surface area contributed by atoms with Gasteiger partial charge in [-0.15, -0.1) is 0 Å². The van der Waals surface area contributed by atoms with Gasteiger partial charge < -0.3 is 9.84 Å². The minimum Gasteiger partial charge on any atom is -0.383 e. The topological polar surface area (TPSA) is 29.5 Å². The molecule has 0 aliphatic carbocycles. The molecule has 2 atom stereocenters. The van der Waals surface area contributed by atoms with Crippen LogP contribution in [0.25, 0.3) is 0 Å². The van der Waals surface area contributed by atoms with Gasteiger partial charge >= 0.3 is 0 Å². The van der Waals surface area contributed by atoms with Crippen LogP contribution in [0.5, 0.6) is 0 Å². The molecular formula is C11H14F2O2. The average molecular weight is 216 g/mol. The molecule has 0 saturated carbocycles. The molecule has 1 aromatic carbocycles. The van der Waals surface area contributed by atoms with Crippen LogP contribution in [0.1, 0.15) is 19.4 Å². The second kappa shape index (κ2) is 4.24. The fraction of sp³-hybridized carbons (Fsp3) is 0.455. The lowest BCUT2D eigenvalue weighted by Gasteiger charge is -2.29. The van der Waals surface area contributed by atoms with Gasteiger partial charge in [0.2, 0.25) is 0 Å². The zero-order chi connectivity index (χ0) is 11.6. The molecule has 2 unspecified atom stereocenters. The number of rotatable bonds is 3. The van der Waals surface area contributed by atoms with Gasteiger partial charge in [0.1, 0.15) is 5.60 Å². The third-order valence-electron chi connectivity index (χ3n) is 2.65. The standard InChI is InChI=1S/C11H14F2O2/c1-7(15-3)11(2,14)8-4-5-9(12)10(13)6-8/h4-7,14H,1-3H3. The van der Waals surface area contributed by atoms with E-state index < -0.39 is 23.3 Å². The molecule has 0 amide bonds. The smallest absolute Gasteiger partial charge is 0.159 e. The third-order valence-corrected chi connectivity index (χ3v) is 2.65. The summed E-state index contributed by atoms with van der Waals surface area (Å²) in [5, 5.41) is 10.1. The van der Waals surface area contributed by atoms with Crippen molar-refractivity contribution in [3.63, 3.8) is 0 Å². The number of methoxy groups -OCH3 is 1. The Morgan fingerprint density at radius 1 is 1.33 bits per heavy atom. The van der Waals surface area contributed by atoms with Gasteiger partial charge in [0.25, 0.3) is 0 Å². The maximum absolute atomic E-state index is 12.9. The highest BCUT2D eigenvalue weighted by Crippen LogP contribution is 2.27. The van der Waals surface area contributed by atoms with Crippen molar-refractivity contribution >= 4 is 0 Å². The van der Waals surface area contributed by atoms with E-state index >= 15 is 0 Å². The first-order valence-corrected chi connectivity index (χ1v) is 4.60. The Kier molecular flexibility index (Phi) is 3.42. The third kappa shape index (κ3) is 2.33. The van der Waals surface area contributed by atoms with Crippen molar-refractivity contribution in [3.8, 4) is 0 Å². The van der Waals surface area contributed by atoms with Crippen LogP contribution in [0.2, 0.25) is 0 Å².